The van der Waals surface area contributed by atoms with Crippen molar-refractivity contribution in [1.29, 1.82) is 5.26 Å². The maximum atomic E-state index is 12.4. The minimum atomic E-state index is -0.615. The predicted molar refractivity (Wildman–Crippen MR) is 118 cm³/mol. The summed E-state index contributed by atoms with van der Waals surface area (Å²) in [5.41, 5.74) is 0.420. The molecule has 1 saturated carbocycles. The molecule has 178 valence electrons. The number of rotatable bonds is 5. The Bertz CT molecular complexity index is 1110. The Morgan fingerprint density at radius 2 is 1.91 bits per heavy atom. The van der Waals surface area contributed by atoms with E-state index in [1.54, 1.807) is 11.0 Å². The zero-order chi connectivity index (χ0) is 24.1. The smallest absolute Gasteiger partial charge is 0.414 e. The van der Waals surface area contributed by atoms with E-state index in [9.17, 15) is 14.9 Å². The summed E-state index contributed by atoms with van der Waals surface area (Å²) in [5.74, 6) is 0.484. The monoisotopic (exact) mass is 466 g/mol. The number of anilines is 1. The van der Waals surface area contributed by atoms with Crippen molar-refractivity contribution in [3.8, 4) is 11.9 Å². The van der Waals surface area contributed by atoms with Gasteiger partial charge in [-0.15, -0.1) is 0 Å². The van der Waals surface area contributed by atoms with Gasteiger partial charge in [0.2, 0.25) is 0 Å². The van der Waals surface area contributed by atoms with Crippen LogP contribution in [-0.2, 0) is 14.9 Å². The number of likely N-dealkylation sites (tertiary alicyclic amines) is 1. The Hall–Kier alpha value is -3.74. The van der Waals surface area contributed by atoms with E-state index in [0.29, 0.717) is 31.2 Å². The van der Waals surface area contributed by atoms with Gasteiger partial charge in [0.05, 0.1) is 18.0 Å². The first-order valence-electron chi connectivity index (χ1n) is 11.2. The van der Waals surface area contributed by atoms with Gasteiger partial charge < -0.3 is 23.6 Å². The molecule has 2 aliphatic heterocycles. The summed E-state index contributed by atoms with van der Waals surface area (Å²) in [7, 11) is 0. The molecule has 3 fully saturated rings. The third kappa shape index (κ3) is 3.81. The van der Waals surface area contributed by atoms with Gasteiger partial charge in [-0.1, -0.05) is 12.1 Å². The van der Waals surface area contributed by atoms with E-state index in [4.69, 9.17) is 18.7 Å². The van der Waals surface area contributed by atoms with Crippen LogP contribution in [0.3, 0.4) is 0 Å². The Kier molecular flexibility index (Phi) is 5.15. The summed E-state index contributed by atoms with van der Waals surface area (Å²) in [5, 5.41) is 13.7. The van der Waals surface area contributed by atoms with E-state index in [1.165, 1.54) is 11.2 Å². The van der Waals surface area contributed by atoms with Crippen LogP contribution in [0.5, 0.6) is 5.88 Å². The lowest BCUT2D eigenvalue weighted by Gasteiger charge is -2.27. The molecular weight excluding hydrogens is 440 g/mol. The highest BCUT2D eigenvalue weighted by Gasteiger charge is 2.70. The molecule has 0 N–H and O–H groups in total. The summed E-state index contributed by atoms with van der Waals surface area (Å²) in [6, 6.07) is 11.5. The van der Waals surface area contributed by atoms with Crippen LogP contribution in [-0.4, -0.2) is 60.2 Å². The van der Waals surface area contributed by atoms with Crippen molar-refractivity contribution in [3.63, 3.8) is 0 Å². The number of nitriles is 1. The molecule has 2 aromatic rings. The average molecular weight is 466 g/mol. The van der Waals surface area contributed by atoms with Gasteiger partial charge in [0.15, 0.2) is 6.10 Å². The van der Waals surface area contributed by atoms with E-state index < -0.39 is 23.2 Å². The Balaban J connectivity index is 1.21. The van der Waals surface area contributed by atoms with Crippen LogP contribution in [0.15, 0.2) is 41.1 Å². The van der Waals surface area contributed by atoms with Crippen LogP contribution in [0.4, 0.5) is 15.3 Å². The quantitative estimate of drug-likeness (QED) is 0.658. The van der Waals surface area contributed by atoms with Crippen molar-refractivity contribution in [1.82, 2.24) is 10.1 Å². The number of carbonyl (C=O) groups is 2. The Morgan fingerprint density at radius 1 is 1.21 bits per heavy atom. The van der Waals surface area contributed by atoms with Crippen LogP contribution in [0.25, 0.3) is 0 Å². The highest BCUT2D eigenvalue weighted by Crippen LogP contribution is 2.63. The molecule has 1 aromatic heterocycles. The van der Waals surface area contributed by atoms with Gasteiger partial charge in [0, 0.05) is 36.7 Å². The van der Waals surface area contributed by atoms with Crippen LogP contribution in [0.2, 0.25) is 0 Å². The third-order valence-corrected chi connectivity index (χ3v) is 6.58. The van der Waals surface area contributed by atoms with Crippen LogP contribution >= 0.6 is 0 Å². The third-order valence-electron chi connectivity index (χ3n) is 6.58. The molecule has 3 aliphatic rings. The first kappa shape index (κ1) is 22.1. The molecule has 0 spiro atoms. The number of amides is 2. The molecule has 2 saturated heterocycles. The van der Waals surface area contributed by atoms with Crippen molar-refractivity contribution in [2.45, 2.75) is 37.9 Å². The first-order valence-corrected chi connectivity index (χ1v) is 11.2. The van der Waals surface area contributed by atoms with Gasteiger partial charge in [-0.3, -0.25) is 4.90 Å². The molecule has 0 bridgehead atoms. The number of carbonyl (C=O) groups excluding carboxylic acids is 2. The van der Waals surface area contributed by atoms with Gasteiger partial charge in [-0.05, 0) is 43.6 Å². The topological polar surface area (TPSA) is 118 Å². The maximum Gasteiger partial charge on any atom is 0.414 e. The number of piperidine rings is 1. The SMILES string of the molecule is CC(C)(C)OC(=O)N1C[C@@H]2[C@H](C1)C2(C#N)c1ccc(N2C[C@H](COc3ccon3)OC2=O)cc1. The number of aromatic nitrogens is 1. The zero-order valence-electron chi connectivity index (χ0n) is 19.3. The molecule has 1 aromatic carbocycles. The molecule has 10 heteroatoms. The minimum Gasteiger partial charge on any atom is -0.471 e. The first-order chi connectivity index (χ1) is 16.2. The second-order valence-corrected chi connectivity index (χ2v) is 9.89. The van der Waals surface area contributed by atoms with Crippen LogP contribution in [0, 0.1) is 23.2 Å². The number of fused-ring (bicyclic) bond motifs is 1. The summed E-state index contributed by atoms with van der Waals surface area (Å²) in [4.78, 5) is 28.0. The van der Waals surface area contributed by atoms with Gasteiger partial charge >= 0.3 is 12.2 Å². The van der Waals surface area contributed by atoms with Gasteiger partial charge in [0.1, 0.15) is 18.5 Å². The average Bonchev–Trinajstić information content (AvgIpc) is 3.30. The Morgan fingerprint density at radius 3 is 2.50 bits per heavy atom. The number of benzene rings is 1. The van der Waals surface area contributed by atoms with E-state index in [2.05, 4.69) is 11.2 Å². The second-order valence-electron chi connectivity index (χ2n) is 9.89. The number of hydrogen-bond donors (Lipinski definition) is 0. The van der Waals surface area contributed by atoms with Crippen LogP contribution < -0.4 is 9.64 Å². The summed E-state index contributed by atoms with van der Waals surface area (Å²) in [6.45, 7) is 7.03. The fourth-order valence-electron chi connectivity index (χ4n) is 4.95. The van der Waals surface area contributed by atoms with Crippen molar-refractivity contribution in [2.24, 2.45) is 11.8 Å². The van der Waals surface area contributed by atoms with Crippen molar-refractivity contribution in [2.75, 3.05) is 31.1 Å². The molecule has 10 nitrogen and oxygen atoms in total. The fourth-order valence-corrected chi connectivity index (χ4v) is 4.95. The summed E-state index contributed by atoms with van der Waals surface area (Å²) < 4.78 is 21.0. The highest BCUT2D eigenvalue weighted by atomic mass is 16.6. The summed E-state index contributed by atoms with van der Waals surface area (Å²) in [6.07, 6.45) is 0.182. The number of nitrogens with zero attached hydrogens (tertiary/aromatic N) is 4. The molecule has 1 unspecified atom stereocenters. The molecule has 3 heterocycles. The lowest BCUT2D eigenvalue weighted by Crippen LogP contribution is -2.38. The van der Waals surface area contributed by atoms with Gasteiger partial charge in [0.25, 0.3) is 5.88 Å². The van der Waals surface area contributed by atoms with Crippen molar-refractivity contribution < 1.29 is 28.3 Å². The second kappa shape index (κ2) is 7.94. The summed E-state index contributed by atoms with van der Waals surface area (Å²) >= 11 is 0. The maximum absolute atomic E-state index is 12.4. The number of hydrogen-bond acceptors (Lipinski definition) is 8. The van der Waals surface area contributed by atoms with E-state index >= 15 is 0 Å². The van der Waals surface area contributed by atoms with E-state index in [0.717, 1.165) is 5.56 Å². The number of ether oxygens (including phenoxy) is 3. The van der Waals surface area contributed by atoms with E-state index in [-0.39, 0.29) is 24.5 Å². The van der Waals surface area contributed by atoms with Crippen molar-refractivity contribution >= 4 is 17.9 Å². The lowest BCUT2D eigenvalue weighted by molar-refractivity contribution is 0.0266. The standard InChI is InChI=1S/C24H26N4O6/c1-23(2,3)34-21(29)27-11-18-19(12-27)24(18,14-25)15-4-6-16(7-5-15)28-10-17(33-22(28)30)13-31-20-8-9-32-26-20/h4-9,17-19H,10-13H2,1-3H3/t17-,18-,19+,24?/m1/s1. The van der Waals surface area contributed by atoms with Gasteiger partial charge in [-0.25, -0.2) is 9.59 Å². The zero-order valence-corrected chi connectivity index (χ0v) is 19.3. The van der Waals surface area contributed by atoms with E-state index in [1.807, 2.05) is 45.0 Å². The molecular formula is C24H26N4O6. The predicted octanol–water partition coefficient (Wildman–Crippen LogP) is 3.34. The normalized spacial score (nSPS) is 27.7. The molecule has 5 rings (SSSR count). The molecule has 1 aliphatic carbocycles. The minimum absolute atomic E-state index is 0.0747. The largest absolute Gasteiger partial charge is 0.471 e. The Labute approximate surface area is 196 Å². The van der Waals surface area contributed by atoms with Gasteiger partial charge in [-0.2, -0.15) is 5.26 Å². The van der Waals surface area contributed by atoms with Crippen LogP contribution in [0.1, 0.15) is 26.3 Å². The van der Waals surface area contributed by atoms with Crippen molar-refractivity contribution in [3.05, 3.63) is 42.2 Å². The number of cyclic esters (lactones) is 1. The molecule has 2 amide bonds. The highest BCUT2D eigenvalue weighted by molar-refractivity contribution is 5.89. The molecule has 34 heavy (non-hydrogen) atoms. The lowest BCUT2D eigenvalue weighted by atomic mass is 9.91. The fraction of sp³-hybridized carbons (Fsp3) is 0.500. The molecule has 0 radical (unpaired) electrons. The molecule has 4 atom stereocenters.